The highest BCUT2D eigenvalue weighted by molar-refractivity contribution is 6.21. The number of nitrogens with zero attached hydrogens (tertiary/aromatic N) is 2. The van der Waals surface area contributed by atoms with E-state index in [0.717, 1.165) is 31.6 Å². The van der Waals surface area contributed by atoms with E-state index in [1.165, 1.54) is 0 Å². The van der Waals surface area contributed by atoms with Crippen LogP contribution in [0.1, 0.15) is 26.2 Å². The highest BCUT2D eigenvalue weighted by Gasteiger charge is 2.26. The third kappa shape index (κ3) is 3.73. The summed E-state index contributed by atoms with van der Waals surface area (Å²) >= 11 is 5.93. The number of rotatable bonds is 6. The third-order valence-corrected chi connectivity index (χ3v) is 3.17. The SMILES string of the molecule is CCCOc1cncc(NCC2CC(Cl)C2)n1. The van der Waals surface area contributed by atoms with Gasteiger partial charge in [-0.25, -0.2) is 0 Å². The van der Waals surface area contributed by atoms with Crippen LogP contribution < -0.4 is 10.1 Å². The Hall–Kier alpha value is -1.03. The maximum Gasteiger partial charge on any atom is 0.234 e. The fourth-order valence-corrected chi connectivity index (χ4v) is 2.28. The molecule has 1 fully saturated rings. The Balaban J connectivity index is 1.79. The Morgan fingerprint density at radius 1 is 1.47 bits per heavy atom. The minimum atomic E-state index is 0.368. The number of anilines is 1. The maximum atomic E-state index is 5.93. The second-order valence-corrected chi connectivity index (χ2v) is 5.02. The third-order valence-electron chi connectivity index (χ3n) is 2.82. The van der Waals surface area contributed by atoms with Crippen molar-refractivity contribution in [3.05, 3.63) is 12.4 Å². The molecule has 1 aromatic rings. The first-order valence-corrected chi connectivity index (χ1v) is 6.54. The van der Waals surface area contributed by atoms with Gasteiger partial charge >= 0.3 is 0 Å². The number of halogens is 1. The summed E-state index contributed by atoms with van der Waals surface area (Å²) in [6.45, 7) is 3.65. The standard InChI is InChI=1S/C12H18ClN3O/c1-2-3-17-12-8-14-7-11(16-12)15-6-9-4-10(13)5-9/h7-10H,2-6H2,1H3,(H,15,16). The lowest BCUT2D eigenvalue weighted by Gasteiger charge is -2.30. The largest absolute Gasteiger partial charge is 0.477 e. The molecule has 2 rings (SSSR count). The van der Waals surface area contributed by atoms with Crippen LogP contribution in [0.15, 0.2) is 12.4 Å². The topological polar surface area (TPSA) is 47.0 Å². The van der Waals surface area contributed by atoms with Crippen molar-refractivity contribution in [2.75, 3.05) is 18.5 Å². The van der Waals surface area contributed by atoms with Gasteiger partial charge in [-0.05, 0) is 25.2 Å². The molecule has 0 spiro atoms. The summed E-state index contributed by atoms with van der Waals surface area (Å²) in [4.78, 5) is 8.43. The first-order valence-electron chi connectivity index (χ1n) is 6.10. The molecule has 0 atom stereocenters. The summed E-state index contributed by atoms with van der Waals surface area (Å²) in [7, 11) is 0. The van der Waals surface area contributed by atoms with Crippen LogP contribution in [0, 0.1) is 5.92 Å². The number of nitrogens with one attached hydrogen (secondary N) is 1. The summed E-state index contributed by atoms with van der Waals surface area (Å²) in [5.41, 5.74) is 0. The molecule has 1 heterocycles. The van der Waals surface area contributed by atoms with Gasteiger partial charge in [0, 0.05) is 11.9 Å². The maximum absolute atomic E-state index is 5.93. The van der Waals surface area contributed by atoms with E-state index < -0.39 is 0 Å². The van der Waals surface area contributed by atoms with Crippen LogP contribution in [-0.4, -0.2) is 28.5 Å². The molecule has 1 aromatic heterocycles. The molecule has 0 aliphatic heterocycles. The number of hydrogen-bond acceptors (Lipinski definition) is 4. The van der Waals surface area contributed by atoms with E-state index in [0.29, 0.717) is 23.8 Å². The average Bonchev–Trinajstić information content (AvgIpc) is 2.31. The van der Waals surface area contributed by atoms with Gasteiger partial charge in [0.15, 0.2) is 0 Å². The Morgan fingerprint density at radius 3 is 3.00 bits per heavy atom. The van der Waals surface area contributed by atoms with Gasteiger partial charge in [-0.15, -0.1) is 11.6 Å². The van der Waals surface area contributed by atoms with E-state index in [4.69, 9.17) is 16.3 Å². The van der Waals surface area contributed by atoms with Crippen molar-refractivity contribution in [1.29, 1.82) is 0 Å². The number of ether oxygens (including phenoxy) is 1. The first kappa shape index (κ1) is 12.4. The Labute approximate surface area is 107 Å². The van der Waals surface area contributed by atoms with Gasteiger partial charge in [0.1, 0.15) is 5.82 Å². The van der Waals surface area contributed by atoms with Crippen LogP contribution in [0.5, 0.6) is 5.88 Å². The van der Waals surface area contributed by atoms with Gasteiger partial charge < -0.3 is 10.1 Å². The van der Waals surface area contributed by atoms with Crippen LogP contribution in [0.25, 0.3) is 0 Å². The second-order valence-electron chi connectivity index (χ2n) is 4.41. The predicted octanol–water partition coefficient (Wildman–Crippen LogP) is 2.69. The minimum Gasteiger partial charge on any atom is -0.477 e. The summed E-state index contributed by atoms with van der Waals surface area (Å²) < 4.78 is 5.43. The van der Waals surface area contributed by atoms with Crippen LogP contribution in [-0.2, 0) is 0 Å². The fourth-order valence-electron chi connectivity index (χ4n) is 1.78. The molecule has 0 radical (unpaired) electrons. The molecule has 0 aromatic carbocycles. The molecule has 0 bridgehead atoms. The van der Waals surface area contributed by atoms with Gasteiger partial charge in [-0.3, -0.25) is 4.98 Å². The number of hydrogen-bond donors (Lipinski definition) is 1. The van der Waals surface area contributed by atoms with Crippen molar-refractivity contribution in [1.82, 2.24) is 9.97 Å². The van der Waals surface area contributed by atoms with Crippen LogP contribution in [0.3, 0.4) is 0 Å². The van der Waals surface area contributed by atoms with Gasteiger partial charge in [-0.2, -0.15) is 4.98 Å². The Bertz CT molecular complexity index is 355. The van der Waals surface area contributed by atoms with E-state index >= 15 is 0 Å². The lowest BCUT2D eigenvalue weighted by atomic mass is 9.85. The van der Waals surface area contributed by atoms with Crippen LogP contribution in [0.2, 0.25) is 0 Å². The van der Waals surface area contributed by atoms with Gasteiger partial charge in [0.05, 0.1) is 19.0 Å². The van der Waals surface area contributed by atoms with Crippen molar-refractivity contribution in [2.45, 2.75) is 31.6 Å². The zero-order valence-corrected chi connectivity index (χ0v) is 10.8. The molecular weight excluding hydrogens is 238 g/mol. The molecule has 1 aliphatic carbocycles. The van der Waals surface area contributed by atoms with Gasteiger partial charge in [-0.1, -0.05) is 6.92 Å². The van der Waals surface area contributed by atoms with E-state index in [9.17, 15) is 0 Å². The molecule has 0 amide bonds. The molecule has 5 heteroatoms. The summed E-state index contributed by atoms with van der Waals surface area (Å²) in [6.07, 6.45) is 6.51. The average molecular weight is 256 g/mol. The van der Waals surface area contributed by atoms with E-state index in [2.05, 4.69) is 22.2 Å². The molecule has 1 saturated carbocycles. The lowest BCUT2D eigenvalue weighted by molar-refractivity contribution is 0.304. The van der Waals surface area contributed by atoms with E-state index in [1.807, 2.05) is 0 Å². The minimum absolute atomic E-state index is 0.368. The summed E-state index contributed by atoms with van der Waals surface area (Å²) in [5.74, 6) is 2.02. The number of alkyl halides is 1. The monoisotopic (exact) mass is 255 g/mol. The highest BCUT2D eigenvalue weighted by Crippen LogP contribution is 2.31. The molecule has 1 N–H and O–H groups in total. The fraction of sp³-hybridized carbons (Fsp3) is 0.667. The highest BCUT2D eigenvalue weighted by atomic mass is 35.5. The van der Waals surface area contributed by atoms with Crippen molar-refractivity contribution in [2.24, 2.45) is 5.92 Å². The van der Waals surface area contributed by atoms with Crippen molar-refractivity contribution in [3.8, 4) is 5.88 Å². The lowest BCUT2D eigenvalue weighted by Crippen LogP contribution is -2.30. The molecule has 1 aliphatic rings. The van der Waals surface area contributed by atoms with E-state index in [-0.39, 0.29) is 0 Å². The molecular formula is C12H18ClN3O. The van der Waals surface area contributed by atoms with E-state index in [1.54, 1.807) is 12.4 Å². The van der Waals surface area contributed by atoms with Gasteiger partial charge in [0.25, 0.3) is 0 Å². The first-order chi connectivity index (χ1) is 8.28. The normalized spacial score (nSPS) is 22.9. The second kappa shape index (κ2) is 6.05. The summed E-state index contributed by atoms with van der Waals surface area (Å²) in [5, 5.41) is 3.64. The molecule has 0 unspecified atom stereocenters. The smallest absolute Gasteiger partial charge is 0.234 e. The molecule has 17 heavy (non-hydrogen) atoms. The van der Waals surface area contributed by atoms with Crippen LogP contribution in [0.4, 0.5) is 5.82 Å². The Morgan fingerprint density at radius 2 is 2.29 bits per heavy atom. The zero-order chi connectivity index (χ0) is 12.1. The number of aromatic nitrogens is 2. The van der Waals surface area contributed by atoms with Crippen molar-refractivity contribution in [3.63, 3.8) is 0 Å². The predicted molar refractivity (Wildman–Crippen MR) is 68.7 cm³/mol. The molecule has 4 nitrogen and oxygen atoms in total. The van der Waals surface area contributed by atoms with Crippen molar-refractivity contribution >= 4 is 17.4 Å². The molecule has 0 saturated heterocycles. The Kier molecular flexibility index (Phi) is 4.42. The quantitative estimate of drug-likeness (QED) is 0.794. The van der Waals surface area contributed by atoms with Crippen molar-refractivity contribution < 1.29 is 4.74 Å². The molecule has 94 valence electrons. The van der Waals surface area contributed by atoms with Gasteiger partial charge in [0.2, 0.25) is 5.88 Å². The summed E-state index contributed by atoms with van der Waals surface area (Å²) in [6, 6.07) is 0. The van der Waals surface area contributed by atoms with Crippen LogP contribution >= 0.6 is 11.6 Å². The zero-order valence-electron chi connectivity index (χ0n) is 10.0.